The SMILES string of the molecule is CC[Si](CC)(CC)O[C@@](C#N)(C(=O)OCc1ccccc1)c1ccccc1. The van der Waals surface area contributed by atoms with Crippen LogP contribution in [0.4, 0.5) is 0 Å². The molecular weight excluding hydrogens is 354 g/mol. The Morgan fingerprint density at radius 2 is 1.48 bits per heavy atom. The molecule has 2 aromatic rings. The maximum absolute atomic E-state index is 13.1. The van der Waals surface area contributed by atoms with Crippen molar-refractivity contribution in [3.8, 4) is 6.07 Å². The molecule has 5 heteroatoms. The van der Waals surface area contributed by atoms with E-state index in [4.69, 9.17) is 9.16 Å². The number of benzene rings is 2. The van der Waals surface area contributed by atoms with Crippen LogP contribution in [0, 0.1) is 11.3 Å². The van der Waals surface area contributed by atoms with Crippen LogP contribution in [0.25, 0.3) is 0 Å². The number of nitrogens with zero attached hydrogens (tertiary/aromatic N) is 1. The number of hydrogen-bond donors (Lipinski definition) is 0. The lowest BCUT2D eigenvalue weighted by Crippen LogP contribution is -2.49. The minimum atomic E-state index is -2.25. The van der Waals surface area contributed by atoms with Gasteiger partial charge in [0.25, 0.3) is 5.60 Å². The molecular formula is C22H27NO3Si. The second-order valence-electron chi connectivity index (χ2n) is 6.57. The van der Waals surface area contributed by atoms with E-state index in [1.165, 1.54) is 0 Å². The Kier molecular flexibility index (Phi) is 7.34. The van der Waals surface area contributed by atoms with Crippen molar-refractivity contribution in [1.29, 1.82) is 5.26 Å². The summed E-state index contributed by atoms with van der Waals surface area (Å²) >= 11 is 0. The van der Waals surface area contributed by atoms with Crippen LogP contribution in [0.15, 0.2) is 60.7 Å². The van der Waals surface area contributed by atoms with Crippen LogP contribution in [-0.2, 0) is 26.2 Å². The van der Waals surface area contributed by atoms with E-state index in [0.29, 0.717) is 5.56 Å². The van der Waals surface area contributed by atoms with E-state index < -0.39 is 19.9 Å². The molecule has 0 heterocycles. The van der Waals surface area contributed by atoms with Gasteiger partial charge in [-0.05, 0) is 23.7 Å². The minimum absolute atomic E-state index is 0.109. The van der Waals surface area contributed by atoms with Gasteiger partial charge in [-0.1, -0.05) is 81.4 Å². The fourth-order valence-corrected chi connectivity index (χ4v) is 5.97. The molecule has 0 radical (unpaired) electrons. The molecule has 2 rings (SSSR count). The monoisotopic (exact) mass is 381 g/mol. The summed E-state index contributed by atoms with van der Waals surface area (Å²) in [6.07, 6.45) is 0. The van der Waals surface area contributed by atoms with Crippen molar-refractivity contribution in [3.63, 3.8) is 0 Å². The van der Waals surface area contributed by atoms with Gasteiger partial charge in [0.05, 0.1) is 0 Å². The van der Waals surface area contributed by atoms with Gasteiger partial charge in [0.1, 0.15) is 12.7 Å². The average Bonchev–Trinajstić information content (AvgIpc) is 2.75. The maximum atomic E-state index is 13.1. The normalized spacial score (nSPS) is 13.4. The molecule has 0 fully saturated rings. The molecule has 0 aliphatic rings. The third-order valence-electron chi connectivity index (χ3n) is 5.14. The number of hydrogen-bond acceptors (Lipinski definition) is 4. The van der Waals surface area contributed by atoms with Crippen LogP contribution < -0.4 is 0 Å². The first-order valence-electron chi connectivity index (χ1n) is 9.44. The van der Waals surface area contributed by atoms with Crippen LogP contribution in [0.3, 0.4) is 0 Å². The zero-order valence-corrected chi connectivity index (χ0v) is 17.3. The summed E-state index contributed by atoms with van der Waals surface area (Å²) in [5.41, 5.74) is -0.335. The molecule has 2 aromatic carbocycles. The zero-order chi connectivity index (χ0) is 19.8. The summed E-state index contributed by atoms with van der Waals surface area (Å²) < 4.78 is 12.0. The molecule has 0 aromatic heterocycles. The van der Waals surface area contributed by atoms with Gasteiger partial charge in [0.15, 0.2) is 8.32 Å². The van der Waals surface area contributed by atoms with Gasteiger partial charge in [0, 0.05) is 5.56 Å². The van der Waals surface area contributed by atoms with E-state index in [1.54, 1.807) is 12.1 Å². The number of carbonyl (C=O) groups is 1. The first-order chi connectivity index (χ1) is 13.1. The maximum Gasteiger partial charge on any atom is 0.357 e. The Labute approximate surface area is 162 Å². The standard InChI is InChI=1S/C22H27NO3Si/c1-4-27(5-2,6-3)26-22(18-23,20-15-11-8-12-16-20)21(24)25-17-19-13-9-7-10-14-19/h7-16H,4-6,17H2,1-3H3/t22-/m1/s1. The highest BCUT2D eigenvalue weighted by Gasteiger charge is 2.49. The van der Waals surface area contributed by atoms with Gasteiger partial charge in [0.2, 0.25) is 0 Å². The Balaban J connectivity index is 2.39. The number of nitriles is 1. The summed E-state index contributed by atoms with van der Waals surface area (Å²) in [5, 5.41) is 10.1. The fourth-order valence-electron chi connectivity index (χ4n) is 3.14. The van der Waals surface area contributed by atoms with E-state index in [1.807, 2.05) is 48.5 Å². The first kappa shape index (κ1) is 20.9. The van der Waals surface area contributed by atoms with Crippen LogP contribution in [-0.4, -0.2) is 14.3 Å². The molecule has 1 atom stereocenters. The number of carbonyl (C=O) groups excluding carboxylic acids is 1. The van der Waals surface area contributed by atoms with Gasteiger partial charge in [-0.3, -0.25) is 0 Å². The fraction of sp³-hybridized carbons (Fsp3) is 0.364. The molecule has 0 unspecified atom stereocenters. The number of rotatable bonds is 9. The summed E-state index contributed by atoms with van der Waals surface area (Å²) in [7, 11) is -2.25. The number of ether oxygens (including phenoxy) is 1. The van der Waals surface area contributed by atoms with Crippen LogP contribution in [0.5, 0.6) is 0 Å². The molecule has 0 bridgehead atoms. The Morgan fingerprint density at radius 3 is 1.96 bits per heavy atom. The van der Waals surface area contributed by atoms with E-state index in [9.17, 15) is 10.1 Å². The summed E-state index contributed by atoms with van der Waals surface area (Å²) in [6.45, 7) is 6.32. The van der Waals surface area contributed by atoms with Gasteiger partial charge < -0.3 is 9.16 Å². The van der Waals surface area contributed by atoms with Crippen molar-refractivity contribution in [2.45, 2.75) is 51.1 Å². The highest BCUT2D eigenvalue weighted by molar-refractivity contribution is 6.73. The van der Waals surface area contributed by atoms with Crippen molar-refractivity contribution in [2.75, 3.05) is 0 Å². The van der Waals surface area contributed by atoms with E-state index in [0.717, 1.165) is 23.7 Å². The van der Waals surface area contributed by atoms with Crippen molar-refractivity contribution >= 4 is 14.3 Å². The molecule has 4 nitrogen and oxygen atoms in total. The predicted octanol–water partition coefficient (Wildman–Crippen LogP) is 5.17. The molecule has 0 saturated heterocycles. The molecule has 0 N–H and O–H groups in total. The minimum Gasteiger partial charge on any atom is -0.458 e. The molecule has 0 spiro atoms. The summed E-state index contributed by atoms with van der Waals surface area (Å²) in [6, 6.07) is 23.1. The van der Waals surface area contributed by atoms with Crippen molar-refractivity contribution in [3.05, 3.63) is 71.8 Å². The molecule has 0 amide bonds. The number of esters is 1. The first-order valence-corrected chi connectivity index (χ1v) is 12.0. The van der Waals surface area contributed by atoms with Crippen molar-refractivity contribution in [2.24, 2.45) is 0 Å². The third-order valence-corrected chi connectivity index (χ3v) is 9.75. The smallest absolute Gasteiger partial charge is 0.357 e. The molecule has 142 valence electrons. The third kappa shape index (κ3) is 4.65. The van der Waals surface area contributed by atoms with Gasteiger partial charge in [-0.15, -0.1) is 0 Å². The lowest BCUT2D eigenvalue weighted by Gasteiger charge is -2.37. The van der Waals surface area contributed by atoms with Gasteiger partial charge >= 0.3 is 5.97 Å². The Bertz CT molecular complexity index is 761. The average molecular weight is 382 g/mol. The highest BCUT2D eigenvalue weighted by Crippen LogP contribution is 2.35. The van der Waals surface area contributed by atoms with E-state index in [-0.39, 0.29) is 6.61 Å². The summed E-state index contributed by atoms with van der Waals surface area (Å²) in [4.78, 5) is 13.1. The molecule has 0 aliphatic heterocycles. The molecule has 27 heavy (non-hydrogen) atoms. The van der Waals surface area contributed by atoms with Crippen molar-refractivity contribution in [1.82, 2.24) is 0 Å². The largest absolute Gasteiger partial charge is 0.458 e. The lowest BCUT2D eigenvalue weighted by atomic mass is 9.96. The summed E-state index contributed by atoms with van der Waals surface area (Å²) in [5.74, 6) is -0.646. The lowest BCUT2D eigenvalue weighted by molar-refractivity contribution is -0.160. The topological polar surface area (TPSA) is 59.3 Å². The molecule has 0 saturated carbocycles. The van der Waals surface area contributed by atoms with Crippen molar-refractivity contribution < 1.29 is 14.0 Å². The van der Waals surface area contributed by atoms with Gasteiger partial charge in [-0.25, -0.2) is 4.79 Å². The highest BCUT2D eigenvalue weighted by atomic mass is 28.4. The van der Waals surface area contributed by atoms with E-state index >= 15 is 0 Å². The Morgan fingerprint density at radius 1 is 0.963 bits per heavy atom. The second-order valence-corrected chi connectivity index (χ2v) is 11.3. The zero-order valence-electron chi connectivity index (χ0n) is 16.3. The molecule has 0 aliphatic carbocycles. The van der Waals surface area contributed by atoms with Crippen LogP contribution in [0.2, 0.25) is 18.1 Å². The second kappa shape index (κ2) is 9.49. The van der Waals surface area contributed by atoms with Crippen LogP contribution in [0.1, 0.15) is 31.9 Å². The predicted molar refractivity (Wildman–Crippen MR) is 108 cm³/mol. The van der Waals surface area contributed by atoms with Gasteiger partial charge in [-0.2, -0.15) is 5.26 Å². The van der Waals surface area contributed by atoms with E-state index in [2.05, 4.69) is 26.8 Å². The quantitative estimate of drug-likeness (QED) is 0.444. The Hall–Kier alpha value is -2.42. The van der Waals surface area contributed by atoms with Crippen LogP contribution >= 0.6 is 0 Å².